The van der Waals surface area contributed by atoms with Gasteiger partial charge in [0.2, 0.25) is 0 Å². The van der Waals surface area contributed by atoms with Crippen molar-refractivity contribution in [3.63, 3.8) is 0 Å². The quantitative estimate of drug-likeness (QED) is 0.309. The number of benzene rings is 3. The number of nitrogens with zero attached hydrogens (tertiary/aromatic N) is 2. The number of alkyl halides is 3. The molecule has 1 atom stereocenters. The second kappa shape index (κ2) is 10.3. The molecule has 35 heavy (non-hydrogen) atoms. The van der Waals surface area contributed by atoms with Gasteiger partial charge in [0, 0.05) is 13.7 Å². The zero-order valence-electron chi connectivity index (χ0n) is 18.9. The molecule has 4 aromatic rings. The van der Waals surface area contributed by atoms with Crippen molar-refractivity contribution >= 4 is 5.69 Å². The molecule has 1 aromatic heterocycles. The van der Waals surface area contributed by atoms with Crippen LogP contribution in [0.15, 0.2) is 78.9 Å². The van der Waals surface area contributed by atoms with E-state index in [0.29, 0.717) is 11.3 Å². The Hall–Kier alpha value is -3.69. The number of nitrogens with one attached hydrogen (secondary N) is 1. The van der Waals surface area contributed by atoms with Crippen LogP contribution in [0.5, 0.6) is 0 Å². The molecule has 0 bridgehead atoms. The van der Waals surface area contributed by atoms with Crippen LogP contribution in [-0.2, 0) is 24.0 Å². The van der Waals surface area contributed by atoms with Crippen molar-refractivity contribution in [1.29, 1.82) is 0 Å². The molecule has 0 fully saturated rings. The zero-order chi connectivity index (χ0) is 25.0. The van der Waals surface area contributed by atoms with Crippen LogP contribution in [0.4, 0.5) is 23.2 Å². The summed E-state index contributed by atoms with van der Waals surface area (Å²) in [4.78, 5) is 0. The second-order valence-corrected chi connectivity index (χ2v) is 7.92. The average Bonchev–Trinajstić information content (AvgIpc) is 3.30. The highest BCUT2D eigenvalue weighted by Gasteiger charge is 2.35. The van der Waals surface area contributed by atoms with Crippen LogP contribution in [0.2, 0.25) is 0 Å². The van der Waals surface area contributed by atoms with Crippen molar-refractivity contribution in [2.75, 3.05) is 12.4 Å². The van der Waals surface area contributed by atoms with Crippen molar-refractivity contribution < 1.29 is 22.3 Å². The van der Waals surface area contributed by atoms with E-state index in [2.05, 4.69) is 10.4 Å². The number of methoxy groups -OCH3 is 1. The highest BCUT2D eigenvalue weighted by molar-refractivity contribution is 5.50. The van der Waals surface area contributed by atoms with Crippen LogP contribution >= 0.6 is 0 Å². The van der Waals surface area contributed by atoms with Gasteiger partial charge >= 0.3 is 6.18 Å². The Morgan fingerprint density at radius 1 is 0.971 bits per heavy atom. The lowest BCUT2D eigenvalue weighted by atomic mass is 10.0. The van der Waals surface area contributed by atoms with E-state index in [1.165, 1.54) is 10.7 Å². The van der Waals surface area contributed by atoms with Gasteiger partial charge in [-0.1, -0.05) is 48.5 Å². The van der Waals surface area contributed by atoms with Gasteiger partial charge in [-0.2, -0.15) is 18.3 Å². The van der Waals surface area contributed by atoms with Gasteiger partial charge in [-0.05, 0) is 47.0 Å². The summed E-state index contributed by atoms with van der Waals surface area (Å²) >= 11 is 0. The van der Waals surface area contributed by atoms with Crippen molar-refractivity contribution in [2.45, 2.75) is 25.4 Å². The Bertz CT molecular complexity index is 1290. The predicted molar refractivity (Wildman–Crippen MR) is 125 cm³/mol. The molecule has 0 aliphatic heterocycles. The van der Waals surface area contributed by atoms with E-state index in [-0.39, 0.29) is 24.5 Å². The number of nitrogens with two attached hydrogens (primary N) is 1. The topological polar surface area (TPSA) is 65.1 Å². The molecular weight excluding hydrogens is 460 g/mol. The van der Waals surface area contributed by atoms with E-state index in [1.807, 2.05) is 30.3 Å². The molecule has 0 spiro atoms. The van der Waals surface area contributed by atoms with E-state index in [1.54, 1.807) is 43.5 Å². The predicted octanol–water partition coefficient (Wildman–Crippen LogP) is 5.84. The summed E-state index contributed by atoms with van der Waals surface area (Å²) in [7, 11) is 1.56. The lowest BCUT2D eigenvalue weighted by Gasteiger charge is -2.18. The summed E-state index contributed by atoms with van der Waals surface area (Å²) in [6.07, 6.45) is -5.06. The molecule has 0 aliphatic carbocycles. The molecule has 4 rings (SSSR count). The maximum atomic E-state index is 14.6. The highest BCUT2D eigenvalue weighted by atomic mass is 19.4. The van der Waals surface area contributed by atoms with E-state index < -0.39 is 23.8 Å². The monoisotopic (exact) mass is 484 g/mol. The first-order valence-corrected chi connectivity index (χ1v) is 10.9. The third-order valence-corrected chi connectivity index (χ3v) is 5.56. The van der Waals surface area contributed by atoms with E-state index in [4.69, 9.17) is 10.5 Å². The Morgan fingerprint density at radius 3 is 2.43 bits per heavy atom. The summed E-state index contributed by atoms with van der Waals surface area (Å²) in [6, 6.07) is 21.7. The number of rotatable bonds is 8. The first-order chi connectivity index (χ1) is 16.8. The molecule has 5 nitrogen and oxygen atoms in total. The largest absolute Gasteiger partial charge is 0.435 e. The van der Waals surface area contributed by atoms with Crippen LogP contribution in [0.3, 0.4) is 0 Å². The van der Waals surface area contributed by atoms with Crippen LogP contribution in [0, 0.1) is 5.82 Å². The van der Waals surface area contributed by atoms with Crippen LogP contribution < -0.4 is 11.1 Å². The first kappa shape index (κ1) is 24.4. The Morgan fingerprint density at radius 2 is 1.74 bits per heavy atom. The summed E-state index contributed by atoms with van der Waals surface area (Å²) in [5.41, 5.74) is 7.75. The van der Waals surface area contributed by atoms with Crippen LogP contribution in [0.25, 0.3) is 5.69 Å². The lowest BCUT2D eigenvalue weighted by molar-refractivity contribution is -0.141. The highest BCUT2D eigenvalue weighted by Crippen LogP contribution is 2.31. The molecule has 1 heterocycles. The van der Waals surface area contributed by atoms with Crippen molar-refractivity contribution in [3.05, 3.63) is 113 Å². The number of ether oxygens (including phenoxy) is 1. The molecule has 1 unspecified atom stereocenters. The van der Waals surface area contributed by atoms with Gasteiger partial charge in [0.25, 0.3) is 0 Å². The number of halogens is 4. The molecule has 0 saturated heterocycles. The van der Waals surface area contributed by atoms with Crippen LogP contribution in [0.1, 0.15) is 34.2 Å². The standard InChI is InChI=1S/C26H24F4N4O/c1-35-25(18-7-3-2-4-8-18)19-10-11-22(27)23(13-19)32-16-21-14-24(26(28,29)30)33-34(21)20-9-5-6-17(12-20)15-31/h2-14,25,32H,15-16,31H2,1H3. The van der Waals surface area contributed by atoms with Crippen molar-refractivity contribution in [2.24, 2.45) is 5.73 Å². The zero-order valence-corrected chi connectivity index (χ0v) is 18.9. The molecule has 3 N–H and O–H groups in total. The van der Waals surface area contributed by atoms with Gasteiger partial charge in [-0.3, -0.25) is 0 Å². The van der Waals surface area contributed by atoms with Crippen LogP contribution in [-0.4, -0.2) is 16.9 Å². The van der Waals surface area contributed by atoms with Gasteiger partial charge in [0.05, 0.1) is 23.6 Å². The molecule has 0 radical (unpaired) electrons. The minimum Gasteiger partial charge on any atom is -0.377 e. The third-order valence-electron chi connectivity index (χ3n) is 5.56. The minimum absolute atomic E-state index is 0.0979. The fourth-order valence-corrected chi connectivity index (χ4v) is 3.84. The number of hydrogen-bond acceptors (Lipinski definition) is 4. The van der Waals surface area contributed by atoms with Gasteiger partial charge in [-0.15, -0.1) is 0 Å². The average molecular weight is 484 g/mol. The minimum atomic E-state index is -4.63. The smallest absolute Gasteiger partial charge is 0.377 e. The van der Waals surface area contributed by atoms with E-state index in [0.717, 1.165) is 17.2 Å². The fraction of sp³-hybridized carbons (Fsp3) is 0.192. The maximum absolute atomic E-state index is 14.6. The summed E-state index contributed by atoms with van der Waals surface area (Å²) < 4.78 is 61.7. The molecule has 9 heteroatoms. The Labute approximate surface area is 200 Å². The number of anilines is 1. The van der Waals surface area contributed by atoms with Gasteiger partial charge in [-0.25, -0.2) is 9.07 Å². The molecule has 0 aliphatic rings. The normalized spacial score (nSPS) is 12.5. The third kappa shape index (κ3) is 5.52. The maximum Gasteiger partial charge on any atom is 0.435 e. The van der Waals surface area contributed by atoms with Gasteiger partial charge < -0.3 is 15.8 Å². The summed E-state index contributed by atoms with van der Waals surface area (Å²) in [5.74, 6) is -0.538. The SMILES string of the molecule is COC(c1ccccc1)c1ccc(F)c(NCc2cc(C(F)(F)F)nn2-c2cccc(CN)c2)c1. The molecule has 3 aromatic carbocycles. The molecule has 0 saturated carbocycles. The van der Waals surface area contributed by atoms with E-state index >= 15 is 0 Å². The Kier molecular flexibility index (Phi) is 7.18. The molecule has 0 amide bonds. The lowest BCUT2D eigenvalue weighted by Crippen LogP contribution is -2.10. The van der Waals surface area contributed by atoms with Crippen molar-refractivity contribution in [3.8, 4) is 5.69 Å². The number of aromatic nitrogens is 2. The van der Waals surface area contributed by atoms with Gasteiger partial charge in [0.15, 0.2) is 5.69 Å². The number of hydrogen-bond donors (Lipinski definition) is 2. The summed E-state index contributed by atoms with van der Waals surface area (Å²) in [5, 5.41) is 6.68. The fourth-order valence-electron chi connectivity index (χ4n) is 3.84. The van der Waals surface area contributed by atoms with E-state index in [9.17, 15) is 17.6 Å². The molecule has 182 valence electrons. The summed E-state index contributed by atoms with van der Waals surface area (Å²) in [6.45, 7) is 0.133. The van der Waals surface area contributed by atoms with Crippen molar-refractivity contribution in [1.82, 2.24) is 9.78 Å². The first-order valence-electron chi connectivity index (χ1n) is 10.9. The molecular formula is C26H24F4N4O. The van der Waals surface area contributed by atoms with Gasteiger partial charge in [0.1, 0.15) is 11.9 Å². The Balaban J connectivity index is 1.65. The second-order valence-electron chi connectivity index (χ2n) is 7.92.